The molecular weight excluding hydrogens is 260 g/mol. The molecule has 0 saturated heterocycles. The molecule has 0 amide bonds. The van der Waals surface area contributed by atoms with Gasteiger partial charge in [0, 0.05) is 11.8 Å². The van der Waals surface area contributed by atoms with Gasteiger partial charge in [0.1, 0.15) is 23.8 Å². The summed E-state index contributed by atoms with van der Waals surface area (Å²) in [5, 5.41) is 21.9. The number of aromatic nitrogens is 1. The Balaban J connectivity index is 2.02. The molecule has 0 aliphatic carbocycles. The number of hydrogen-bond acceptors (Lipinski definition) is 6. The van der Waals surface area contributed by atoms with Gasteiger partial charge in [0.25, 0.3) is 5.69 Å². The van der Waals surface area contributed by atoms with Gasteiger partial charge in [0.2, 0.25) is 0 Å². The smallest absolute Gasteiger partial charge is 0.287 e. The molecule has 0 aliphatic rings. The summed E-state index contributed by atoms with van der Waals surface area (Å²) in [7, 11) is 0. The van der Waals surface area contributed by atoms with Gasteiger partial charge in [-0.15, -0.1) is 0 Å². The third-order valence-corrected chi connectivity index (χ3v) is 2.39. The molecule has 0 bridgehead atoms. The van der Waals surface area contributed by atoms with Crippen LogP contribution >= 0.6 is 0 Å². The number of nitro groups is 1. The van der Waals surface area contributed by atoms with Crippen molar-refractivity contribution in [3.8, 4) is 11.8 Å². The van der Waals surface area contributed by atoms with Crippen LogP contribution in [0.3, 0.4) is 0 Å². The van der Waals surface area contributed by atoms with Crippen molar-refractivity contribution in [2.45, 2.75) is 0 Å². The van der Waals surface area contributed by atoms with E-state index in [4.69, 9.17) is 10.00 Å². The molecule has 0 saturated carbocycles. The molecule has 20 heavy (non-hydrogen) atoms. The summed E-state index contributed by atoms with van der Waals surface area (Å²) in [6.07, 6.45) is 1.19. The molecule has 0 spiro atoms. The molecule has 0 atom stereocenters. The molecule has 1 N–H and O–H groups in total. The van der Waals surface area contributed by atoms with Gasteiger partial charge in [0.05, 0.1) is 4.92 Å². The summed E-state index contributed by atoms with van der Waals surface area (Å²) in [5.74, 6) is 1.09. The van der Waals surface area contributed by atoms with Crippen molar-refractivity contribution in [3.63, 3.8) is 0 Å². The molecule has 2 rings (SSSR count). The SMILES string of the molecule is N#CCOc1ccc(Nc2ccc([N+](=O)[O-])cn2)cc1. The van der Waals surface area contributed by atoms with E-state index in [-0.39, 0.29) is 12.3 Å². The van der Waals surface area contributed by atoms with Crippen molar-refractivity contribution < 1.29 is 9.66 Å². The first-order valence-corrected chi connectivity index (χ1v) is 5.66. The number of benzene rings is 1. The quantitative estimate of drug-likeness (QED) is 0.662. The van der Waals surface area contributed by atoms with E-state index in [1.807, 2.05) is 6.07 Å². The van der Waals surface area contributed by atoms with Crippen LogP contribution in [0.1, 0.15) is 0 Å². The Bertz CT molecular complexity index is 632. The van der Waals surface area contributed by atoms with E-state index >= 15 is 0 Å². The molecule has 0 fully saturated rings. The first-order valence-electron chi connectivity index (χ1n) is 5.66. The molecule has 2 aromatic rings. The first-order chi connectivity index (χ1) is 9.69. The number of nitrogens with one attached hydrogen (secondary N) is 1. The lowest BCUT2D eigenvalue weighted by atomic mass is 10.3. The topological polar surface area (TPSA) is 101 Å². The van der Waals surface area contributed by atoms with Gasteiger partial charge in [-0.2, -0.15) is 5.26 Å². The van der Waals surface area contributed by atoms with Crippen molar-refractivity contribution in [1.82, 2.24) is 4.98 Å². The third-order valence-electron chi connectivity index (χ3n) is 2.39. The lowest BCUT2D eigenvalue weighted by Crippen LogP contribution is -1.96. The fourth-order valence-electron chi connectivity index (χ4n) is 1.47. The van der Waals surface area contributed by atoms with Crippen molar-refractivity contribution >= 4 is 17.2 Å². The summed E-state index contributed by atoms with van der Waals surface area (Å²) in [5.41, 5.74) is 0.700. The van der Waals surface area contributed by atoms with Crippen molar-refractivity contribution in [3.05, 3.63) is 52.7 Å². The summed E-state index contributed by atoms with van der Waals surface area (Å²) in [4.78, 5) is 13.9. The van der Waals surface area contributed by atoms with Gasteiger partial charge in [0.15, 0.2) is 6.61 Å². The van der Waals surface area contributed by atoms with E-state index in [1.165, 1.54) is 18.3 Å². The number of anilines is 2. The summed E-state index contributed by atoms with van der Waals surface area (Å²) < 4.78 is 5.12. The summed E-state index contributed by atoms with van der Waals surface area (Å²) in [6.45, 7) is -0.00329. The fraction of sp³-hybridized carbons (Fsp3) is 0.0769. The fourth-order valence-corrected chi connectivity index (χ4v) is 1.47. The molecule has 0 unspecified atom stereocenters. The van der Waals surface area contributed by atoms with E-state index in [0.717, 1.165) is 5.69 Å². The molecule has 1 aromatic heterocycles. The highest BCUT2D eigenvalue weighted by atomic mass is 16.6. The lowest BCUT2D eigenvalue weighted by Gasteiger charge is -2.06. The molecule has 0 radical (unpaired) electrons. The van der Waals surface area contributed by atoms with E-state index in [0.29, 0.717) is 11.6 Å². The molecular formula is C13H10N4O3. The Morgan fingerprint density at radius 2 is 2.05 bits per heavy atom. The summed E-state index contributed by atoms with van der Waals surface area (Å²) >= 11 is 0. The number of nitriles is 1. The van der Waals surface area contributed by atoms with Crippen LogP contribution in [0.4, 0.5) is 17.2 Å². The van der Waals surface area contributed by atoms with Gasteiger partial charge in [-0.05, 0) is 30.3 Å². The largest absolute Gasteiger partial charge is 0.479 e. The van der Waals surface area contributed by atoms with E-state index < -0.39 is 4.92 Å². The molecule has 1 heterocycles. The highest BCUT2D eigenvalue weighted by Gasteiger charge is 2.05. The zero-order chi connectivity index (χ0) is 14.4. The molecule has 1 aromatic carbocycles. The monoisotopic (exact) mass is 270 g/mol. The number of pyridine rings is 1. The Morgan fingerprint density at radius 3 is 2.60 bits per heavy atom. The maximum Gasteiger partial charge on any atom is 0.287 e. The third kappa shape index (κ3) is 3.43. The maximum absolute atomic E-state index is 10.5. The van der Waals surface area contributed by atoms with Crippen molar-refractivity contribution in [2.24, 2.45) is 0 Å². The molecule has 0 aliphatic heterocycles. The van der Waals surface area contributed by atoms with Crippen LogP contribution in [0.5, 0.6) is 5.75 Å². The van der Waals surface area contributed by atoms with Crippen LogP contribution in [0, 0.1) is 21.4 Å². The number of hydrogen-bond donors (Lipinski definition) is 1. The van der Waals surface area contributed by atoms with Crippen LogP contribution in [0.15, 0.2) is 42.6 Å². The van der Waals surface area contributed by atoms with Gasteiger partial charge in [-0.25, -0.2) is 4.98 Å². The standard InChI is InChI=1S/C13H10N4O3/c14-7-8-20-12-4-1-10(2-5-12)16-13-6-3-11(9-15-13)17(18)19/h1-6,9H,8H2,(H,15,16). The average Bonchev–Trinajstić information content (AvgIpc) is 2.47. The average molecular weight is 270 g/mol. The van der Waals surface area contributed by atoms with Crippen LogP contribution in [-0.2, 0) is 0 Å². The molecule has 7 heteroatoms. The highest BCUT2D eigenvalue weighted by Crippen LogP contribution is 2.20. The van der Waals surface area contributed by atoms with Crippen molar-refractivity contribution in [1.29, 1.82) is 5.26 Å². The minimum absolute atomic E-state index is 0.00329. The maximum atomic E-state index is 10.5. The second-order valence-corrected chi connectivity index (χ2v) is 3.75. The van der Waals surface area contributed by atoms with Crippen LogP contribution in [-0.4, -0.2) is 16.5 Å². The first kappa shape index (κ1) is 13.3. The summed E-state index contributed by atoms with van der Waals surface area (Å²) in [6, 6.07) is 11.7. The Kier molecular flexibility index (Phi) is 4.09. The minimum Gasteiger partial charge on any atom is -0.479 e. The lowest BCUT2D eigenvalue weighted by molar-refractivity contribution is -0.385. The molecule has 100 valence electrons. The van der Waals surface area contributed by atoms with Gasteiger partial charge in [-0.3, -0.25) is 10.1 Å². The zero-order valence-corrected chi connectivity index (χ0v) is 10.3. The minimum atomic E-state index is -0.502. The zero-order valence-electron chi connectivity index (χ0n) is 10.3. The Labute approximate surface area is 114 Å². The van der Waals surface area contributed by atoms with Gasteiger partial charge < -0.3 is 10.1 Å². The number of rotatable bonds is 5. The predicted molar refractivity (Wildman–Crippen MR) is 71.7 cm³/mol. The second kappa shape index (κ2) is 6.15. The Hall–Kier alpha value is -3.14. The number of ether oxygens (including phenoxy) is 1. The van der Waals surface area contributed by atoms with E-state index in [2.05, 4.69) is 10.3 Å². The Morgan fingerprint density at radius 1 is 1.30 bits per heavy atom. The normalized spacial score (nSPS) is 9.55. The number of nitrogens with zero attached hydrogens (tertiary/aromatic N) is 3. The van der Waals surface area contributed by atoms with Gasteiger partial charge >= 0.3 is 0 Å². The van der Waals surface area contributed by atoms with E-state index in [1.54, 1.807) is 24.3 Å². The molecule has 7 nitrogen and oxygen atoms in total. The van der Waals surface area contributed by atoms with Crippen molar-refractivity contribution in [2.75, 3.05) is 11.9 Å². The van der Waals surface area contributed by atoms with Gasteiger partial charge in [-0.1, -0.05) is 0 Å². The highest BCUT2D eigenvalue weighted by molar-refractivity contribution is 5.57. The second-order valence-electron chi connectivity index (χ2n) is 3.75. The van der Waals surface area contributed by atoms with E-state index in [9.17, 15) is 10.1 Å². The van der Waals surface area contributed by atoms with Crippen LogP contribution in [0.25, 0.3) is 0 Å². The van der Waals surface area contributed by atoms with Crippen LogP contribution in [0.2, 0.25) is 0 Å². The predicted octanol–water partition coefficient (Wildman–Crippen LogP) is 2.64. The van der Waals surface area contributed by atoms with Crippen LogP contribution < -0.4 is 10.1 Å².